The third-order valence-corrected chi connectivity index (χ3v) is 14.6. The number of likely N-dealkylation sites (N-methyl/N-ethyl adjacent to an activating group) is 1. The number of phosphoric acid groups is 1. The third-order valence-electron chi connectivity index (χ3n) is 13.7. The number of hydrogen-bond acceptors (Lipinski definition) is 8. The van der Waals surface area contributed by atoms with Crippen LogP contribution in [0.2, 0.25) is 0 Å². The molecule has 9 nitrogen and oxygen atoms in total. The summed E-state index contributed by atoms with van der Waals surface area (Å²) in [6, 6.07) is 0. The van der Waals surface area contributed by atoms with Crippen molar-refractivity contribution in [2.24, 2.45) is 0 Å². The molecule has 10 heteroatoms. The van der Waals surface area contributed by atoms with Crippen LogP contribution in [0.25, 0.3) is 0 Å². The first-order valence-corrected chi connectivity index (χ1v) is 34.4. The number of phosphoric ester groups is 1. The Balaban J connectivity index is 4.14. The summed E-state index contributed by atoms with van der Waals surface area (Å²) in [6.07, 6.45) is 89.4. The minimum atomic E-state index is -4.65. The number of rotatable bonds is 59. The van der Waals surface area contributed by atoms with E-state index in [2.05, 4.69) is 148 Å². The van der Waals surface area contributed by atoms with Gasteiger partial charge in [-0.05, 0) is 109 Å². The molecular weight excluding hydrogens is 1040 g/mol. The highest BCUT2D eigenvalue weighted by atomic mass is 31.2. The first-order valence-electron chi connectivity index (χ1n) is 32.9. The predicted octanol–water partition coefficient (Wildman–Crippen LogP) is 20.6. The van der Waals surface area contributed by atoms with Crippen LogP contribution in [0, 0.1) is 0 Å². The lowest BCUT2D eigenvalue weighted by Crippen LogP contribution is -2.37. The van der Waals surface area contributed by atoms with Crippen molar-refractivity contribution in [3.63, 3.8) is 0 Å². The molecule has 0 amide bonds. The van der Waals surface area contributed by atoms with Gasteiger partial charge in [-0.2, -0.15) is 0 Å². The van der Waals surface area contributed by atoms with Crippen LogP contribution in [0.3, 0.4) is 0 Å². The van der Waals surface area contributed by atoms with Crippen molar-refractivity contribution in [1.29, 1.82) is 0 Å². The van der Waals surface area contributed by atoms with Gasteiger partial charge in [-0.15, -0.1) is 0 Å². The SMILES string of the molecule is CC/C=C\C/C=C\C/C=C\C/C=C\C/C=C\C/C=C\C/C=C\CCCCCCCCCC(=O)OC(COC(=O)CCCCCCCCCCCCCCCCCC/C=C\C/C=C\C/C=C\C/C=C\CC)COP(=O)([O-])OCC[N+](C)(C)C. The highest BCUT2D eigenvalue weighted by molar-refractivity contribution is 7.45. The van der Waals surface area contributed by atoms with Gasteiger partial charge in [-0.3, -0.25) is 14.2 Å². The van der Waals surface area contributed by atoms with E-state index in [1.807, 2.05) is 21.1 Å². The van der Waals surface area contributed by atoms with Crippen LogP contribution in [0.4, 0.5) is 0 Å². The normalized spacial score (nSPS) is 14.1. The highest BCUT2D eigenvalue weighted by Crippen LogP contribution is 2.38. The molecule has 0 radical (unpaired) electrons. The summed E-state index contributed by atoms with van der Waals surface area (Å²) in [5.74, 6) is -0.849. The van der Waals surface area contributed by atoms with Crippen molar-refractivity contribution >= 4 is 19.8 Å². The topological polar surface area (TPSA) is 111 Å². The molecule has 0 rings (SSSR count). The molecule has 468 valence electrons. The fourth-order valence-corrected chi connectivity index (χ4v) is 9.42. The number of carbonyl (C=O) groups is 2. The fraction of sp³-hybridized carbons (Fsp3) is 0.667. The molecule has 0 bridgehead atoms. The molecule has 0 aliphatic rings. The summed E-state index contributed by atoms with van der Waals surface area (Å²) in [6.45, 7) is 4.00. The second-order valence-electron chi connectivity index (χ2n) is 22.7. The van der Waals surface area contributed by atoms with E-state index >= 15 is 0 Å². The predicted molar refractivity (Wildman–Crippen MR) is 351 cm³/mol. The summed E-state index contributed by atoms with van der Waals surface area (Å²) < 4.78 is 34.3. The molecule has 0 aromatic heterocycles. The number of ether oxygens (including phenoxy) is 2. The zero-order chi connectivity index (χ0) is 59.8. The minimum Gasteiger partial charge on any atom is -0.756 e. The van der Waals surface area contributed by atoms with E-state index in [4.69, 9.17) is 18.5 Å². The van der Waals surface area contributed by atoms with Crippen molar-refractivity contribution in [3.05, 3.63) is 134 Å². The van der Waals surface area contributed by atoms with Gasteiger partial charge in [-0.25, -0.2) is 0 Å². The smallest absolute Gasteiger partial charge is 0.306 e. The van der Waals surface area contributed by atoms with Crippen LogP contribution in [0.5, 0.6) is 0 Å². The van der Waals surface area contributed by atoms with Gasteiger partial charge in [-0.1, -0.05) is 270 Å². The Hall–Kier alpha value is -3.85. The Labute approximate surface area is 504 Å². The summed E-state index contributed by atoms with van der Waals surface area (Å²) in [7, 11) is 1.15. The zero-order valence-electron chi connectivity index (χ0n) is 53.1. The lowest BCUT2D eigenvalue weighted by Gasteiger charge is -2.28. The Morgan fingerprint density at radius 2 is 0.659 bits per heavy atom. The van der Waals surface area contributed by atoms with E-state index in [9.17, 15) is 19.0 Å². The van der Waals surface area contributed by atoms with E-state index in [-0.39, 0.29) is 32.0 Å². The average molecular weight is 1160 g/mol. The quantitative estimate of drug-likeness (QED) is 0.0195. The lowest BCUT2D eigenvalue weighted by molar-refractivity contribution is -0.870. The van der Waals surface area contributed by atoms with Crippen molar-refractivity contribution in [3.8, 4) is 0 Å². The molecule has 2 atom stereocenters. The molecule has 0 aliphatic heterocycles. The first kappa shape index (κ1) is 78.1. The van der Waals surface area contributed by atoms with Gasteiger partial charge in [0.1, 0.15) is 19.8 Å². The number of unbranched alkanes of at least 4 members (excludes halogenated alkanes) is 23. The largest absolute Gasteiger partial charge is 0.756 e. The van der Waals surface area contributed by atoms with Crippen molar-refractivity contribution in [1.82, 2.24) is 0 Å². The maximum absolute atomic E-state index is 12.8. The van der Waals surface area contributed by atoms with E-state index in [0.717, 1.165) is 116 Å². The number of allylic oxidation sites excluding steroid dienone is 22. The second-order valence-corrected chi connectivity index (χ2v) is 24.1. The number of esters is 2. The van der Waals surface area contributed by atoms with Gasteiger partial charge in [0.2, 0.25) is 0 Å². The summed E-state index contributed by atoms with van der Waals surface area (Å²) >= 11 is 0. The zero-order valence-corrected chi connectivity index (χ0v) is 54.0. The summed E-state index contributed by atoms with van der Waals surface area (Å²) in [4.78, 5) is 38.0. The molecule has 2 unspecified atom stereocenters. The van der Waals surface area contributed by atoms with Gasteiger partial charge in [0.05, 0.1) is 27.7 Å². The monoisotopic (exact) mass is 1160 g/mol. The van der Waals surface area contributed by atoms with Gasteiger partial charge >= 0.3 is 11.9 Å². The van der Waals surface area contributed by atoms with Crippen molar-refractivity contribution in [2.75, 3.05) is 47.5 Å². The van der Waals surface area contributed by atoms with Gasteiger partial charge < -0.3 is 27.9 Å². The molecule has 0 heterocycles. The molecule has 0 saturated heterocycles. The van der Waals surface area contributed by atoms with Gasteiger partial charge in [0.25, 0.3) is 7.82 Å². The number of nitrogens with zero attached hydrogens (tertiary/aromatic N) is 1. The van der Waals surface area contributed by atoms with Crippen LogP contribution in [0.15, 0.2) is 134 Å². The van der Waals surface area contributed by atoms with Gasteiger partial charge in [0.15, 0.2) is 6.10 Å². The highest BCUT2D eigenvalue weighted by Gasteiger charge is 2.22. The summed E-state index contributed by atoms with van der Waals surface area (Å²) in [5, 5.41) is 0. The number of quaternary nitrogens is 1. The third kappa shape index (κ3) is 65.3. The molecule has 0 aromatic rings. The molecule has 0 fully saturated rings. The standard InChI is InChI=1S/C72H122NO8P/c1-6-8-10-12-14-16-18-20-22-24-26-28-30-32-34-36-38-40-42-44-46-48-50-52-54-56-58-60-62-64-71(74)78-68-70(69-80-82(76,77)79-67-66-73(3,4)5)81-72(75)65-63-61-59-57-55-53-51-49-47-45-43-41-39-37-35-33-31-29-27-25-23-21-19-17-15-13-11-9-7-2/h8-11,14-17,20-23,26-29,33,35,39,41,45,47,70H,6-7,12-13,18-19,24-25,30-32,34,36-38,40,42-44,46,48-69H2,1-5H3/b10-8-,11-9-,16-14-,17-15-,22-20-,23-21-,28-26-,29-27-,35-33-,41-39-,47-45-. The van der Waals surface area contributed by atoms with E-state index in [1.165, 1.54) is 109 Å². The molecule has 82 heavy (non-hydrogen) atoms. The van der Waals surface area contributed by atoms with Gasteiger partial charge in [0, 0.05) is 12.8 Å². The van der Waals surface area contributed by atoms with Crippen molar-refractivity contribution in [2.45, 2.75) is 264 Å². The molecule has 0 aliphatic carbocycles. The first-order chi connectivity index (χ1) is 40.0. The Kier molecular flexibility index (Phi) is 58.8. The van der Waals surface area contributed by atoms with E-state index < -0.39 is 26.5 Å². The van der Waals surface area contributed by atoms with Crippen LogP contribution >= 0.6 is 7.82 Å². The fourth-order valence-electron chi connectivity index (χ4n) is 8.69. The van der Waals surface area contributed by atoms with E-state index in [1.54, 1.807) is 0 Å². The lowest BCUT2D eigenvalue weighted by atomic mass is 10.0. The Morgan fingerprint density at radius 3 is 0.976 bits per heavy atom. The van der Waals surface area contributed by atoms with Crippen LogP contribution in [-0.4, -0.2) is 70.0 Å². The molecule has 0 spiro atoms. The maximum Gasteiger partial charge on any atom is 0.306 e. The number of carbonyl (C=O) groups excluding carboxylic acids is 2. The summed E-state index contributed by atoms with van der Waals surface area (Å²) in [5.41, 5.74) is 0. The van der Waals surface area contributed by atoms with Crippen molar-refractivity contribution < 1.29 is 42.1 Å². The average Bonchev–Trinajstić information content (AvgIpc) is 3.45. The molecule has 0 N–H and O–H groups in total. The molecule has 0 aromatic carbocycles. The molecular formula is C72H122NO8P. The second kappa shape index (κ2) is 61.7. The minimum absolute atomic E-state index is 0.0393. The van der Waals surface area contributed by atoms with E-state index in [0.29, 0.717) is 17.4 Å². The number of hydrogen-bond donors (Lipinski definition) is 0. The Bertz CT molecular complexity index is 1850. The van der Waals surface area contributed by atoms with Crippen LogP contribution in [-0.2, 0) is 32.7 Å². The Morgan fingerprint density at radius 1 is 0.378 bits per heavy atom. The maximum atomic E-state index is 12.8. The molecule has 0 saturated carbocycles. The van der Waals surface area contributed by atoms with Crippen LogP contribution < -0.4 is 4.89 Å². The van der Waals surface area contributed by atoms with Crippen LogP contribution in [0.1, 0.15) is 258 Å².